The van der Waals surface area contributed by atoms with E-state index in [2.05, 4.69) is 28.9 Å². The van der Waals surface area contributed by atoms with E-state index in [9.17, 15) is 13.2 Å². The number of thiazole rings is 1. The van der Waals surface area contributed by atoms with Gasteiger partial charge in [-0.1, -0.05) is 47.7 Å². The Bertz CT molecular complexity index is 1440. The molecule has 1 fully saturated rings. The van der Waals surface area contributed by atoms with E-state index in [1.807, 2.05) is 6.07 Å². The first kappa shape index (κ1) is 22.5. The topological polar surface area (TPSA) is 83.5 Å². The second-order valence-corrected chi connectivity index (χ2v) is 11.2. The molecular weight excluding hydrogens is 468 g/mol. The van der Waals surface area contributed by atoms with Crippen molar-refractivity contribution in [1.82, 2.24) is 14.9 Å². The summed E-state index contributed by atoms with van der Waals surface area (Å²) in [5, 5.41) is 0.982. The first-order chi connectivity index (χ1) is 16.4. The fourth-order valence-corrected chi connectivity index (χ4v) is 6.56. The van der Waals surface area contributed by atoms with Crippen molar-refractivity contribution in [3.63, 3.8) is 0 Å². The summed E-state index contributed by atoms with van der Waals surface area (Å²) in [6, 6.07) is 17.9. The molecule has 0 N–H and O–H groups in total. The largest absolute Gasteiger partial charge is 0.345 e. The Morgan fingerprint density at radius 2 is 1.74 bits per heavy atom. The fraction of sp³-hybridized carbons (Fsp3) is 0.240. The SMILES string of the molecule is Cc1cccc2sc(N3CCN(C(=O)c4ccccc4CS(=O)(=O)c4ccccn4)CC3)nc12. The average molecular weight is 493 g/mol. The lowest BCUT2D eigenvalue weighted by atomic mass is 10.1. The molecule has 1 saturated heterocycles. The molecule has 0 saturated carbocycles. The zero-order valence-corrected chi connectivity index (χ0v) is 20.3. The molecule has 1 aliphatic rings. The van der Waals surface area contributed by atoms with Crippen LogP contribution in [0.1, 0.15) is 21.5 Å². The normalized spacial score (nSPS) is 14.5. The number of piperazine rings is 1. The molecule has 7 nitrogen and oxygen atoms in total. The van der Waals surface area contributed by atoms with Gasteiger partial charge in [-0.2, -0.15) is 0 Å². The predicted molar refractivity (Wildman–Crippen MR) is 134 cm³/mol. The molecule has 1 amide bonds. The quantitative estimate of drug-likeness (QED) is 0.420. The van der Waals surface area contributed by atoms with Gasteiger partial charge >= 0.3 is 0 Å². The molecule has 3 heterocycles. The molecular formula is C25H24N4O3S2. The van der Waals surface area contributed by atoms with Gasteiger partial charge in [0.05, 0.1) is 16.0 Å². The molecule has 0 atom stereocenters. The van der Waals surface area contributed by atoms with Crippen molar-refractivity contribution >= 4 is 42.4 Å². The Labute approximate surface area is 202 Å². The molecule has 34 heavy (non-hydrogen) atoms. The van der Waals surface area contributed by atoms with Crippen LogP contribution in [0.3, 0.4) is 0 Å². The number of benzene rings is 2. The molecule has 0 unspecified atom stereocenters. The van der Waals surface area contributed by atoms with Gasteiger partial charge in [0.25, 0.3) is 5.91 Å². The number of carbonyl (C=O) groups is 1. The number of rotatable bonds is 5. The fourth-order valence-electron chi connectivity index (χ4n) is 4.15. The maximum absolute atomic E-state index is 13.4. The second kappa shape index (κ2) is 9.15. The Kier molecular flexibility index (Phi) is 6.05. The summed E-state index contributed by atoms with van der Waals surface area (Å²) in [4.78, 5) is 26.2. The number of hydrogen-bond donors (Lipinski definition) is 0. The Morgan fingerprint density at radius 3 is 2.47 bits per heavy atom. The molecule has 0 spiro atoms. The van der Waals surface area contributed by atoms with E-state index in [4.69, 9.17) is 4.98 Å². The summed E-state index contributed by atoms with van der Waals surface area (Å²) in [5.74, 6) is -0.414. The minimum Gasteiger partial charge on any atom is -0.345 e. The third-order valence-electron chi connectivity index (χ3n) is 6.00. The zero-order valence-electron chi connectivity index (χ0n) is 18.7. The third-order valence-corrected chi connectivity index (χ3v) is 8.65. The van der Waals surface area contributed by atoms with Gasteiger partial charge in [-0.25, -0.2) is 18.4 Å². The molecule has 9 heteroatoms. The van der Waals surface area contributed by atoms with Crippen LogP contribution >= 0.6 is 11.3 Å². The number of para-hydroxylation sites is 1. The van der Waals surface area contributed by atoms with E-state index in [1.54, 1.807) is 52.6 Å². The maximum Gasteiger partial charge on any atom is 0.254 e. The van der Waals surface area contributed by atoms with Crippen molar-refractivity contribution in [3.05, 3.63) is 83.6 Å². The van der Waals surface area contributed by atoms with Gasteiger partial charge in [-0.15, -0.1) is 0 Å². The summed E-state index contributed by atoms with van der Waals surface area (Å²) in [6.45, 7) is 4.52. The van der Waals surface area contributed by atoms with Crippen LogP contribution in [-0.2, 0) is 15.6 Å². The van der Waals surface area contributed by atoms with Crippen LogP contribution < -0.4 is 4.90 Å². The van der Waals surface area contributed by atoms with Crippen LogP contribution in [-0.4, -0.2) is 55.4 Å². The highest BCUT2D eigenvalue weighted by molar-refractivity contribution is 7.90. The number of carbonyl (C=O) groups excluding carboxylic acids is 1. The van der Waals surface area contributed by atoms with Gasteiger partial charge < -0.3 is 9.80 Å². The van der Waals surface area contributed by atoms with Crippen LogP contribution in [0.5, 0.6) is 0 Å². The van der Waals surface area contributed by atoms with Crippen molar-refractivity contribution in [3.8, 4) is 0 Å². The smallest absolute Gasteiger partial charge is 0.254 e. The monoisotopic (exact) mass is 492 g/mol. The molecule has 5 rings (SSSR count). The van der Waals surface area contributed by atoms with E-state index in [0.29, 0.717) is 37.3 Å². The summed E-state index contributed by atoms with van der Waals surface area (Å²) < 4.78 is 26.9. The lowest BCUT2D eigenvalue weighted by Gasteiger charge is -2.35. The van der Waals surface area contributed by atoms with Crippen molar-refractivity contribution < 1.29 is 13.2 Å². The second-order valence-electron chi connectivity index (χ2n) is 8.28. The molecule has 4 aromatic rings. The Morgan fingerprint density at radius 1 is 0.971 bits per heavy atom. The number of amides is 1. The lowest BCUT2D eigenvalue weighted by Crippen LogP contribution is -2.49. The van der Waals surface area contributed by atoms with E-state index in [1.165, 1.54) is 12.3 Å². The molecule has 2 aromatic heterocycles. The van der Waals surface area contributed by atoms with Gasteiger partial charge in [0.1, 0.15) is 0 Å². The molecule has 0 radical (unpaired) electrons. The van der Waals surface area contributed by atoms with Crippen LogP contribution in [0, 0.1) is 6.92 Å². The van der Waals surface area contributed by atoms with Gasteiger partial charge in [0.15, 0.2) is 20.0 Å². The first-order valence-corrected chi connectivity index (χ1v) is 13.5. The Hall–Kier alpha value is -3.30. The van der Waals surface area contributed by atoms with Gasteiger partial charge in [-0.3, -0.25) is 4.79 Å². The van der Waals surface area contributed by atoms with Gasteiger partial charge in [0.2, 0.25) is 0 Å². The average Bonchev–Trinajstić information content (AvgIpc) is 3.30. The van der Waals surface area contributed by atoms with Crippen LogP contribution in [0.2, 0.25) is 0 Å². The van der Waals surface area contributed by atoms with Gasteiger partial charge in [-0.05, 0) is 42.3 Å². The van der Waals surface area contributed by atoms with E-state index in [-0.39, 0.29) is 16.7 Å². The molecule has 0 bridgehead atoms. The third kappa shape index (κ3) is 4.41. The lowest BCUT2D eigenvalue weighted by molar-refractivity contribution is 0.0746. The number of hydrogen-bond acceptors (Lipinski definition) is 7. The highest BCUT2D eigenvalue weighted by Crippen LogP contribution is 2.31. The van der Waals surface area contributed by atoms with E-state index in [0.717, 1.165) is 20.9 Å². The van der Waals surface area contributed by atoms with Crippen molar-refractivity contribution in [2.75, 3.05) is 31.1 Å². The minimum atomic E-state index is -3.66. The first-order valence-electron chi connectivity index (χ1n) is 11.0. The number of sulfone groups is 1. The highest BCUT2D eigenvalue weighted by Gasteiger charge is 2.27. The number of fused-ring (bicyclic) bond motifs is 1. The van der Waals surface area contributed by atoms with E-state index < -0.39 is 9.84 Å². The standard InChI is InChI=1S/C25H24N4O3S2/c1-18-7-6-10-21-23(18)27-25(33-21)29-15-13-28(14-16-29)24(30)20-9-3-2-8-19(20)17-34(31,32)22-11-4-5-12-26-22/h2-12H,13-17H2,1H3. The maximum atomic E-state index is 13.4. The Balaban J connectivity index is 1.31. The van der Waals surface area contributed by atoms with Crippen molar-refractivity contribution in [2.24, 2.45) is 0 Å². The minimum absolute atomic E-state index is 0.0111. The summed E-state index contributed by atoms with van der Waals surface area (Å²) in [5.41, 5.74) is 3.10. The van der Waals surface area contributed by atoms with Crippen molar-refractivity contribution in [2.45, 2.75) is 17.7 Å². The van der Waals surface area contributed by atoms with Gasteiger partial charge in [0, 0.05) is 37.9 Å². The van der Waals surface area contributed by atoms with Crippen LogP contribution in [0.15, 0.2) is 71.9 Å². The van der Waals surface area contributed by atoms with Crippen LogP contribution in [0.4, 0.5) is 5.13 Å². The summed E-state index contributed by atoms with van der Waals surface area (Å²) in [7, 11) is -3.66. The molecule has 2 aromatic carbocycles. The summed E-state index contributed by atoms with van der Waals surface area (Å²) in [6.07, 6.45) is 1.45. The van der Waals surface area contributed by atoms with Crippen molar-refractivity contribution in [1.29, 1.82) is 0 Å². The number of pyridine rings is 1. The number of aromatic nitrogens is 2. The molecule has 1 aliphatic heterocycles. The number of aryl methyl sites for hydroxylation is 1. The zero-order chi connectivity index (χ0) is 23.7. The number of nitrogens with zero attached hydrogens (tertiary/aromatic N) is 4. The highest BCUT2D eigenvalue weighted by atomic mass is 32.2. The number of anilines is 1. The predicted octanol–water partition coefficient (Wildman–Crippen LogP) is 3.94. The molecule has 174 valence electrons. The summed E-state index contributed by atoms with van der Waals surface area (Å²) >= 11 is 1.67. The van der Waals surface area contributed by atoms with Crippen LogP contribution in [0.25, 0.3) is 10.2 Å². The molecule has 0 aliphatic carbocycles. The van der Waals surface area contributed by atoms with E-state index >= 15 is 0 Å².